The van der Waals surface area contributed by atoms with E-state index in [2.05, 4.69) is 4.98 Å². The molecule has 0 aliphatic carbocycles. The second kappa shape index (κ2) is 4.48. The van der Waals surface area contributed by atoms with E-state index in [9.17, 15) is 18.0 Å². The Morgan fingerprint density at radius 3 is 2.67 bits per heavy atom. The van der Waals surface area contributed by atoms with Crippen molar-refractivity contribution in [3.05, 3.63) is 28.3 Å². The molecule has 0 saturated heterocycles. The van der Waals surface area contributed by atoms with Crippen LogP contribution in [0.4, 0.5) is 13.2 Å². The summed E-state index contributed by atoms with van der Waals surface area (Å²) in [6.45, 7) is 0. The molecule has 0 fully saturated rings. The summed E-state index contributed by atoms with van der Waals surface area (Å²) in [5, 5.41) is 7.63. The molecule has 0 bridgehead atoms. The monoisotopic (exact) mass is 239 g/mol. The summed E-state index contributed by atoms with van der Waals surface area (Å²) >= 11 is 5.29. The van der Waals surface area contributed by atoms with Crippen molar-refractivity contribution in [1.82, 2.24) is 4.98 Å². The molecule has 82 valence electrons. The first-order valence-electron chi connectivity index (χ1n) is 3.76. The van der Waals surface area contributed by atoms with Crippen molar-refractivity contribution >= 4 is 17.6 Å². The van der Waals surface area contributed by atoms with Crippen molar-refractivity contribution in [3.8, 4) is 0 Å². The number of rotatable bonds is 3. The number of carboxylic acids is 1. The summed E-state index contributed by atoms with van der Waals surface area (Å²) in [4.78, 5) is 13.6. The van der Waals surface area contributed by atoms with Crippen LogP contribution in [0.2, 0.25) is 5.02 Å². The predicted molar refractivity (Wildman–Crippen MR) is 45.5 cm³/mol. The van der Waals surface area contributed by atoms with Crippen molar-refractivity contribution in [1.29, 1.82) is 0 Å². The summed E-state index contributed by atoms with van der Waals surface area (Å²) in [5.41, 5.74) is -1.29. The summed E-state index contributed by atoms with van der Waals surface area (Å²) in [7, 11) is 0. The molecule has 0 unspecified atom stereocenters. The second-order valence-corrected chi connectivity index (χ2v) is 3.03. The molecule has 1 aromatic heterocycles. The third-order valence-electron chi connectivity index (χ3n) is 1.63. The molecule has 1 heterocycles. The first-order valence-corrected chi connectivity index (χ1v) is 4.14. The van der Waals surface area contributed by atoms with Gasteiger partial charge in [-0.05, 0) is 0 Å². The molecule has 15 heavy (non-hydrogen) atoms. The minimum absolute atomic E-state index is 0.427. The van der Waals surface area contributed by atoms with Crippen LogP contribution in [-0.4, -0.2) is 16.1 Å². The van der Waals surface area contributed by atoms with E-state index < -0.39 is 40.9 Å². The first-order chi connectivity index (χ1) is 6.93. The number of pyridine rings is 1. The first kappa shape index (κ1) is 11.8. The minimum Gasteiger partial charge on any atom is -0.481 e. The zero-order chi connectivity index (χ0) is 11.6. The van der Waals surface area contributed by atoms with Gasteiger partial charge in [-0.3, -0.25) is 9.78 Å². The lowest BCUT2D eigenvalue weighted by atomic mass is 10.1. The fraction of sp³-hybridized carbons (Fsp3) is 0.250. The Labute approximate surface area is 87.5 Å². The Kier molecular flexibility index (Phi) is 3.52. The summed E-state index contributed by atoms with van der Waals surface area (Å²) in [6, 6.07) is 0. The van der Waals surface area contributed by atoms with Gasteiger partial charge in [-0.25, -0.2) is 13.2 Å². The molecule has 0 aromatic carbocycles. The van der Waals surface area contributed by atoms with Gasteiger partial charge in [-0.15, -0.1) is 0 Å². The highest BCUT2D eigenvalue weighted by Crippen LogP contribution is 2.31. The van der Waals surface area contributed by atoms with Crippen molar-refractivity contribution in [2.75, 3.05) is 0 Å². The molecule has 0 aliphatic rings. The zero-order valence-corrected chi connectivity index (χ0v) is 7.93. The van der Waals surface area contributed by atoms with Crippen molar-refractivity contribution in [3.63, 3.8) is 0 Å². The number of carboxylic acid groups (broad SMARTS) is 1. The Morgan fingerprint density at radius 2 is 2.20 bits per heavy atom. The lowest BCUT2D eigenvalue weighted by Gasteiger charge is -2.08. The topological polar surface area (TPSA) is 50.2 Å². The average molecular weight is 240 g/mol. The number of carbonyl (C=O) groups is 1. The highest BCUT2D eigenvalue weighted by atomic mass is 35.5. The summed E-state index contributed by atoms with van der Waals surface area (Å²) < 4.78 is 37.7. The summed E-state index contributed by atoms with van der Waals surface area (Å²) in [5.74, 6) is -2.44. The van der Waals surface area contributed by atoms with Crippen LogP contribution in [0.25, 0.3) is 0 Å². The summed E-state index contributed by atoms with van der Waals surface area (Å²) in [6.07, 6.45) is -3.17. The molecule has 0 atom stereocenters. The Bertz CT molecular complexity index is 398. The van der Waals surface area contributed by atoms with E-state index in [1.807, 2.05) is 0 Å². The number of aromatic nitrogens is 1. The van der Waals surface area contributed by atoms with E-state index in [0.717, 1.165) is 0 Å². The van der Waals surface area contributed by atoms with Crippen LogP contribution in [0.15, 0.2) is 6.20 Å². The maximum atomic E-state index is 12.8. The second-order valence-electron chi connectivity index (χ2n) is 2.65. The molecule has 7 heteroatoms. The van der Waals surface area contributed by atoms with Gasteiger partial charge in [0.1, 0.15) is 0 Å². The fourth-order valence-electron chi connectivity index (χ4n) is 1.02. The van der Waals surface area contributed by atoms with Gasteiger partial charge in [-0.2, -0.15) is 0 Å². The maximum Gasteiger partial charge on any atom is 0.309 e. The predicted octanol–water partition coefficient (Wildman–Crippen LogP) is 2.44. The van der Waals surface area contributed by atoms with E-state index in [1.165, 1.54) is 0 Å². The van der Waals surface area contributed by atoms with Crippen molar-refractivity contribution < 1.29 is 23.1 Å². The lowest BCUT2D eigenvalue weighted by molar-refractivity contribution is -0.136. The van der Waals surface area contributed by atoms with E-state index >= 15 is 0 Å². The van der Waals surface area contributed by atoms with Gasteiger partial charge in [0, 0.05) is 0 Å². The van der Waals surface area contributed by atoms with Crippen LogP contribution < -0.4 is 0 Å². The van der Waals surface area contributed by atoms with Gasteiger partial charge in [0.25, 0.3) is 6.43 Å². The number of nitrogens with zero attached hydrogens (tertiary/aromatic N) is 1. The SMILES string of the molecule is O=C(O)Cc1ncc(F)c(Cl)c1C(F)F. The molecular weight excluding hydrogens is 235 g/mol. The third-order valence-corrected chi connectivity index (χ3v) is 2.01. The zero-order valence-electron chi connectivity index (χ0n) is 7.18. The van der Waals surface area contributed by atoms with E-state index in [-0.39, 0.29) is 0 Å². The van der Waals surface area contributed by atoms with Gasteiger partial charge in [0.15, 0.2) is 5.82 Å². The molecular formula is C8H5ClF3NO2. The van der Waals surface area contributed by atoms with Crippen LogP contribution in [0, 0.1) is 5.82 Å². The van der Waals surface area contributed by atoms with Gasteiger partial charge >= 0.3 is 5.97 Å². The van der Waals surface area contributed by atoms with Gasteiger partial charge in [0.2, 0.25) is 0 Å². The normalized spacial score (nSPS) is 10.7. The molecule has 3 nitrogen and oxygen atoms in total. The maximum absolute atomic E-state index is 12.8. The van der Waals surface area contributed by atoms with Crippen molar-refractivity contribution in [2.24, 2.45) is 0 Å². The van der Waals surface area contributed by atoms with Crippen LogP contribution in [0.5, 0.6) is 0 Å². The Hall–Kier alpha value is -1.30. The molecule has 0 radical (unpaired) electrons. The van der Waals surface area contributed by atoms with E-state index in [4.69, 9.17) is 16.7 Å². The van der Waals surface area contributed by atoms with Crippen molar-refractivity contribution in [2.45, 2.75) is 12.8 Å². The van der Waals surface area contributed by atoms with E-state index in [1.54, 1.807) is 0 Å². The molecule has 0 aliphatic heterocycles. The number of aliphatic carboxylic acids is 1. The minimum atomic E-state index is -3.06. The number of hydrogen-bond donors (Lipinski definition) is 1. The van der Waals surface area contributed by atoms with E-state index in [0.29, 0.717) is 6.20 Å². The third kappa shape index (κ3) is 2.59. The van der Waals surface area contributed by atoms with Gasteiger partial charge < -0.3 is 5.11 Å². The van der Waals surface area contributed by atoms with Crippen LogP contribution >= 0.6 is 11.6 Å². The standard InChI is InChI=1S/C8H5ClF3NO2/c9-7-3(10)2-13-4(1-5(14)15)6(7)8(11)12/h2,8H,1H2,(H,14,15). The number of alkyl halides is 2. The lowest BCUT2D eigenvalue weighted by Crippen LogP contribution is -2.08. The Balaban J connectivity index is 3.26. The molecule has 1 aromatic rings. The van der Waals surface area contributed by atoms with Gasteiger partial charge in [0.05, 0.1) is 28.9 Å². The smallest absolute Gasteiger partial charge is 0.309 e. The molecule has 1 rings (SSSR count). The average Bonchev–Trinajstić information content (AvgIpc) is 2.10. The highest BCUT2D eigenvalue weighted by molar-refractivity contribution is 6.31. The number of hydrogen-bond acceptors (Lipinski definition) is 2. The molecule has 0 spiro atoms. The van der Waals surface area contributed by atoms with Crippen LogP contribution in [0.1, 0.15) is 17.7 Å². The highest BCUT2D eigenvalue weighted by Gasteiger charge is 2.22. The molecule has 0 saturated carbocycles. The van der Waals surface area contributed by atoms with Gasteiger partial charge in [-0.1, -0.05) is 11.6 Å². The largest absolute Gasteiger partial charge is 0.481 e. The fourth-order valence-corrected chi connectivity index (χ4v) is 1.26. The molecule has 0 amide bonds. The quantitative estimate of drug-likeness (QED) is 0.881. The van der Waals surface area contributed by atoms with Crippen LogP contribution in [-0.2, 0) is 11.2 Å². The van der Waals surface area contributed by atoms with Crippen LogP contribution in [0.3, 0.4) is 0 Å². The number of halogens is 4. The molecule has 1 N–H and O–H groups in total. The Morgan fingerprint density at radius 1 is 1.60 bits per heavy atom.